The number of carbonyl (C=O) groups is 1. The Morgan fingerprint density at radius 1 is 1.24 bits per heavy atom. The molecule has 6 nitrogen and oxygen atoms in total. The molecule has 4 rings (SSSR count). The molecule has 1 aromatic carbocycles. The third-order valence-electron chi connectivity index (χ3n) is 4.26. The molecule has 3 aromatic rings. The van der Waals surface area contributed by atoms with Gasteiger partial charge in [0.1, 0.15) is 0 Å². The number of benzene rings is 1. The van der Waals surface area contributed by atoms with Crippen molar-refractivity contribution in [2.75, 3.05) is 37.3 Å². The van der Waals surface area contributed by atoms with Crippen LogP contribution in [0.15, 0.2) is 33.7 Å². The first-order valence-corrected chi connectivity index (χ1v) is 10.1. The monoisotopic (exact) mass is 374 g/mol. The summed E-state index contributed by atoms with van der Waals surface area (Å²) in [4.78, 5) is 22.5. The van der Waals surface area contributed by atoms with Crippen LogP contribution in [0.4, 0.5) is 5.13 Å². The smallest absolute Gasteiger partial charge is 0.292 e. The molecule has 1 aliphatic heterocycles. The summed E-state index contributed by atoms with van der Waals surface area (Å²) < 4.78 is 6.29. The minimum atomic E-state index is -0.0887. The van der Waals surface area contributed by atoms with Gasteiger partial charge in [0, 0.05) is 37.1 Å². The number of fused-ring (bicyclic) bond motifs is 1. The molecule has 8 heteroatoms. The van der Waals surface area contributed by atoms with Gasteiger partial charge in [-0.15, -0.1) is 11.8 Å². The Kier molecular flexibility index (Phi) is 4.39. The predicted molar refractivity (Wildman–Crippen MR) is 101 cm³/mol. The van der Waals surface area contributed by atoms with Crippen LogP contribution in [0.25, 0.3) is 10.2 Å². The fraction of sp³-hybridized carbons (Fsp3) is 0.353. The number of thioether (sulfide) groups is 1. The molecule has 2 aromatic heterocycles. The Balaban J connectivity index is 1.45. The van der Waals surface area contributed by atoms with Gasteiger partial charge in [-0.05, 0) is 31.4 Å². The lowest BCUT2D eigenvalue weighted by Crippen LogP contribution is -2.48. The Hall–Kier alpha value is -2.06. The van der Waals surface area contributed by atoms with Crippen LogP contribution in [0.1, 0.15) is 16.2 Å². The van der Waals surface area contributed by atoms with Gasteiger partial charge in [-0.2, -0.15) is 0 Å². The van der Waals surface area contributed by atoms with Crippen molar-refractivity contribution in [3.63, 3.8) is 0 Å². The van der Waals surface area contributed by atoms with E-state index >= 15 is 0 Å². The normalized spacial score (nSPS) is 15.1. The van der Waals surface area contributed by atoms with E-state index in [0.717, 1.165) is 29.4 Å². The van der Waals surface area contributed by atoms with E-state index in [1.165, 1.54) is 9.60 Å². The highest BCUT2D eigenvalue weighted by Crippen LogP contribution is 2.32. The number of nitrogens with zero attached hydrogens (tertiary/aromatic N) is 4. The summed E-state index contributed by atoms with van der Waals surface area (Å²) in [6, 6.07) is 8.05. The van der Waals surface area contributed by atoms with E-state index in [0.29, 0.717) is 18.8 Å². The lowest BCUT2D eigenvalue weighted by atomic mass is 10.3. The second-order valence-electron chi connectivity index (χ2n) is 5.94. The predicted octanol–water partition coefficient (Wildman–Crippen LogP) is 3.28. The van der Waals surface area contributed by atoms with Gasteiger partial charge in [0.05, 0.1) is 15.9 Å². The molecule has 0 saturated carbocycles. The van der Waals surface area contributed by atoms with Crippen LogP contribution in [0.2, 0.25) is 0 Å². The maximum Gasteiger partial charge on any atom is 0.292 e. The molecule has 130 valence electrons. The lowest BCUT2D eigenvalue weighted by Gasteiger charge is -2.33. The number of thiazole rings is 1. The van der Waals surface area contributed by atoms with E-state index in [4.69, 9.17) is 9.51 Å². The summed E-state index contributed by atoms with van der Waals surface area (Å²) in [7, 11) is 0. The van der Waals surface area contributed by atoms with E-state index in [-0.39, 0.29) is 5.91 Å². The number of aryl methyl sites for hydroxylation is 1. The number of anilines is 1. The first-order valence-electron chi connectivity index (χ1n) is 8.06. The Morgan fingerprint density at radius 3 is 2.72 bits per heavy atom. The van der Waals surface area contributed by atoms with Gasteiger partial charge < -0.3 is 14.3 Å². The molecule has 0 unspecified atom stereocenters. The van der Waals surface area contributed by atoms with Crippen LogP contribution >= 0.6 is 23.1 Å². The maximum absolute atomic E-state index is 12.4. The number of amides is 1. The summed E-state index contributed by atoms with van der Waals surface area (Å²) in [6.45, 7) is 4.67. The molecule has 1 amide bonds. The molecule has 0 N–H and O–H groups in total. The van der Waals surface area contributed by atoms with Crippen molar-refractivity contribution in [1.29, 1.82) is 0 Å². The molecule has 0 bridgehead atoms. The number of rotatable bonds is 3. The molecule has 0 radical (unpaired) electrons. The second-order valence-corrected chi connectivity index (χ2v) is 7.83. The number of carbonyl (C=O) groups excluding carboxylic acids is 1. The van der Waals surface area contributed by atoms with Crippen LogP contribution in [0, 0.1) is 6.92 Å². The largest absolute Gasteiger partial charge is 0.351 e. The molecule has 0 atom stereocenters. The first-order chi connectivity index (χ1) is 12.1. The van der Waals surface area contributed by atoms with E-state index < -0.39 is 0 Å². The Morgan fingerprint density at radius 2 is 2.04 bits per heavy atom. The zero-order chi connectivity index (χ0) is 17.4. The van der Waals surface area contributed by atoms with Crippen molar-refractivity contribution in [3.8, 4) is 0 Å². The molecular weight excluding hydrogens is 356 g/mol. The van der Waals surface area contributed by atoms with Gasteiger partial charge in [0.2, 0.25) is 5.76 Å². The zero-order valence-corrected chi connectivity index (χ0v) is 15.7. The first kappa shape index (κ1) is 16.4. The van der Waals surface area contributed by atoms with Crippen LogP contribution in [0.5, 0.6) is 0 Å². The second kappa shape index (κ2) is 6.68. The van der Waals surface area contributed by atoms with Crippen LogP contribution < -0.4 is 4.90 Å². The molecule has 0 spiro atoms. The highest BCUT2D eigenvalue weighted by atomic mass is 32.2. The third-order valence-corrected chi connectivity index (χ3v) is 6.06. The maximum atomic E-state index is 12.4. The Bertz CT molecular complexity index is 912. The molecule has 1 fully saturated rings. The number of aromatic nitrogens is 2. The average molecular weight is 374 g/mol. The van der Waals surface area contributed by atoms with Gasteiger partial charge in [0.25, 0.3) is 5.91 Å². The summed E-state index contributed by atoms with van der Waals surface area (Å²) in [5.41, 5.74) is 1.76. The van der Waals surface area contributed by atoms with E-state index in [9.17, 15) is 4.79 Å². The van der Waals surface area contributed by atoms with Crippen molar-refractivity contribution in [2.24, 2.45) is 0 Å². The highest BCUT2D eigenvalue weighted by molar-refractivity contribution is 7.98. The highest BCUT2D eigenvalue weighted by Gasteiger charge is 2.26. The fourth-order valence-corrected chi connectivity index (χ4v) is 4.45. The molecule has 3 heterocycles. The van der Waals surface area contributed by atoms with Crippen molar-refractivity contribution >= 4 is 44.4 Å². The van der Waals surface area contributed by atoms with Gasteiger partial charge >= 0.3 is 0 Å². The minimum absolute atomic E-state index is 0.0887. The lowest BCUT2D eigenvalue weighted by molar-refractivity contribution is 0.0704. The summed E-state index contributed by atoms with van der Waals surface area (Å²) in [6.07, 6.45) is 2.08. The van der Waals surface area contributed by atoms with Gasteiger partial charge in [-0.1, -0.05) is 16.5 Å². The van der Waals surface area contributed by atoms with E-state index in [1.807, 2.05) is 11.8 Å². The molecule has 25 heavy (non-hydrogen) atoms. The van der Waals surface area contributed by atoms with Crippen molar-refractivity contribution in [2.45, 2.75) is 11.8 Å². The standard InChI is InChI=1S/C17H18N4O2S2/c1-11-9-14(23-19-11)16(22)20-5-7-21(8-6-20)17-18-13-4-3-12(24-2)10-15(13)25-17/h3-4,9-10H,5-8H2,1-2H3. The zero-order valence-electron chi connectivity index (χ0n) is 14.1. The number of hydrogen-bond donors (Lipinski definition) is 0. The summed E-state index contributed by atoms with van der Waals surface area (Å²) in [5, 5.41) is 4.81. The van der Waals surface area contributed by atoms with E-state index in [2.05, 4.69) is 34.5 Å². The molecule has 1 aliphatic rings. The SMILES string of the molecule is CSc1ccc2nc(N3CCN(C(=O)c4cc(C)no4)CC3)sc2c1. The van der Waals surface area contributed by atoms with E-state index in [1.54, 1.807) is 29.2 Å². The Labute approximate surface area is 153 Å². The van der Waals surface area contributed by atoms with Crippen LogP contribution in [-0.2, 0) is 0 Å². The molecular formula is C17H18N4O2S2. The quantitative estimate of drug-likeness (QED) is 0.656. The van der Waals surface area contributed by atoms with Gasteiger partial charge in [-0.3, -0.25) is 4.79 Å². The summed E-state index contributed by atoms with van der Waals surface area (Å²) in [5.74, 6) is 0.227. The topological polar surface area (TPSA) is 62.5 Å². The number of hydrogen-bond acceptors (Lipinski definition) is 7. The average Bonchev–Trinajstić information content (AvgIpc) is 3.26. The minimum Gasteiger partial charge on any atom is -0.351 e. The molecule has 1 saturated heterocycles. The van der Waals surface area contributed by atoms with Crippen LogP contribution in [-0.4, -0.2) is 53.4 Å². The number of piperazine rings is 1. The third kappa shape index (κ3) is 3.23. The van der Waals surface area contributed by atoms with Crippen molar-refractivity contribution < 1.29 is 9.32 Å². The molecule has 0 aliphatic carbocycles. The van der Waals surface area contributed by atoms with Gasteiger partial charge in [-0.25, -0.2) is 4.98 Å². The summed E-state index contributed by atoms with van der Waals surface area (Å²) >= 11 is 3.45. The van der Waals surface area contributed by atoms with Crippen LogP contribution in [0.3, 0.4) is 0 Å². The van der Waals surface area contributed by atoms with Crippen molar-refractivity contribution in [3.05, 3.63) is 35.7 Å². The van der Waals surface area contributed by atoms with Crippen molar-refractivity contribution in [1.82, 2.24) is 15.0 Å². The van der Waals surface area contributed by atoms with Gasteiger partial charge in [0.15, 0.2) is 5.13 Å². The fourth-order valence-electron chi connectivity index (χ4n) is 2.88.